The highest BCUT2D eigenvalue weighted by Crippen LogP contribution is 2.33. The third-order valence-electron chi connectivity index (χ3n) is 4.34. The average molecular weight is 447 g/mol. The molecule has 1 saturated heterocycles. The van der Waals surface area contributed by atoms with Crippen LogP contribution < -0.4 is 10.6 Å². The molecule has 0 spiro atoms. The van der Waals surface area contributed by atoms with Gasteiger partial charge in [-0.1, -0.05) is 34.8 Å². The van der Waals surface area contributed by atoms with Gasteiger partial charge in [0.15, 0.2) is 0 Å². The van der Waals surface area contributed by atoms with Gasteiger partial charge in [-0.05, 0) is 36.4 Å². The Hall–Kier alpha value is -1.31. The summed E-state index contributed by atoms with van der Waals surface area (Å²) in [6, 6.07) is 5.00. The molecule has 9 heteroatoms. The largest absolute Gasteiger partial charge is 0.349 e. The number of hydrogen-bond donors (Lipinski definition) is 2. The minimum atomic E-state index is -0.193. The van der Waals surface area contributed by atoms with Gasteiger partial charge in [0.1, 0.15) is 0 Å². The summed E-state index contributed by atoms with van der Waals surface area (Å²) in [5.74, 6) is -0.235. The van der Waals surface area contributed by atoms with Gasteiger partial charge in [-0.15, -0.1) is 0 Å². The van der Waals surface area contributed by atoms with Crippen LogP contribution in [0.2, 0.25) is 15.1 Å². The van der Waals surface area contributed by atoms with E-state index in [1.54, 1.807) is 0 Å². The van der Waals surface area contributed by atoms with Gasteiger partial charge in [0.2, 0.25) is 5.91 Å². The second-order valence-corrected chi connectivity index (χ2v) is 8.36. The summed E-state index contributed by atoms with van der Waals surface area (Å²) in [6.07, 6.45) is 1.59. The molecule has 0 aliphatic carbocycles. The fourth-order valence-corrected chi connectivity index (χ4v) is 4.49. The molecule has 0 radical (unpaired) electrons. The minimum absolute atomic E-state index is 0.0422. The topological polar surface area (TPSA) is 61.4 Å². The molecule has 2 aromatic rings. The van der Waals surface area contributed by atoms with E-state index in [0.29, 0.717) is 26.3 Å². The molecule has 1 aliphatic rings. The highest BCUT2D eigenvalue weighted by molar-refractivity contribution is 7.08. The van der Waals surface area contributed by atoms with Crippen LogP contribution in [0.15, 0.2) is 29.0 Å². The summed E-state index contributed by atoms with van der Waals surface area (Å²) in [5.41, 5.74) is 1.06. The van der Waals surface area contributed by atoms with Gasteiger partial charge in [0.25, 0.3) is 5.91 Å². The van der Waals surface area contributed by atoms with E-state index in [-0.39, 0.29) is 24.4 Å². The van der Waals surface area contributed by atoms with E-state index < -0.39 is 0 Å². The van der Waals surface area contributed by atoms with Gasteiger partial charge in [-0.25, -0.2) is 0 Å². The fraction of sp³-hybridized carbons (Fsp3) is 0.333. The van der Waals surface area contributed by atoms with Crippen molar-refractivity contribution in [3.05, 3.63) is 49.6 Å². The maximum absolute atomic E-state index is 12.3. The first-order chi connectivity index (χ1) is 12.9. The Morgan fingerprint density at radius 1 is 1.15 bits per heavy atom. The summed E-state index contributed by atoms with van der Waals surface area (Å²) in [4.78, 5) is 26.5. The maximum atomic E-state index is 12.3. The van der Waals surface area contributed by atoms with Gasteiger partial charge in [-0.2, -0.15) is 11.3 Å². The number of nitrogens with zero attached hydrogens (tertiary/aromatic N) is 1. The van der Waals surface area contributed by atoms with Gasteiger partial charge in [0, 0.05) is 35.1 Å². The lowest BCUT2D eigenvalue weighted by Gasteiger charge is -2.31. The van der Waals surface area contributed by atoms with E-state index in [1.807, 2.05) is 21.7 Å². The van der Waals surface area contributed by atoms with E-state index in [0.717, 1.165) is 25.9 Å². The van der Waals surface area contributed by atoms with Crippen LogP contribution in [0.3, 0.4) is 0 Å². The number of hydrogen-bond acceptors (Lipinski definition) is 4. The molecule has 2 N–H and O–H groups in total. The highest BCUT2D eigenvalue weighted by Gasteiger charge is 2.23. The van der Waals surface area contributed by atoms with Crippen LogP contribution in [0.4, 0.5) is 5.69 Å². The van der Waals surface area contributed by atoms with Crippen molar-refractivity contribution in [2.75, 3.05) is 25.0 Å². The van der Waals surface area contributed by atoms with Crippen molar-refractivity contribution in [2.45, 2.75) is 18.9 Å². The maximum Gasteiger partial charge on any atom is 0.252 e. The molecular formula is C18H18Cl3N3O2S. The van der Waals surface area contributed by atoms with E-state index in [1.165, 1.54) is 23.5 Å². The Morgan fingerprint density at radius 3 is 2.41 bits per heavy atom. The molecule has 1 fully saturated rings. The molecule has 5 nitrogen and oxygen atoms in total. The van der Waals surface area contributed by atoms with Gasteiger partial charge < -0.3 is 10.6 Å². The number of rotatable bonds is 5. The number of thiophene rings is 1. The zero-order valence-electron chi connectivity index (χ0n) is 14.3. The van der Waals surface area contributed by atoms with Crippen molar-refractivity contribution in [3.8, 4) is 0 Å². The molecule has 27 heavy (non-hydrogen) atoms. The van der Waals surface area contributed by atoms with Crippen molar-refractivity contribution >= 4 is 63.6 Å². The first-order valence-corrected chi connectivity index (χ1v) is 10.5. The Morgan fingerprint density at radius 2 is 1.81 bits per heavy atom. The number of piperidine rings is 1. The number of benzene rings is 1. The first-order valence-electron chi connectivity index (χ1n) is 8.42. The normalized spacial score (nSPS) is 15.5. The lowest BCUT2D eigenvalue weighted by Crippen LogP contribution is -2.46. The summed E-state index contributed by atoms with van der Waals surface area (Å²) >= 11 is 19.6. The average Bonchev–Trinajstić information content (AvgIpc) is 3.14. The lowest BCUT2D eigenvalue weighted by atomic mass is 10.0. The predicted molar refractivity (Wildman–Crippen MR) is 111 cm³/mol. The molecule has 1 aliphatic heterocycles. The third kappa shape index (κ3) is 5.59. The second-order valence-electron chi connectivity index (χ2n) is 6.33. The zero-order valence-corrected chi connectivity index (χ0v) is 17.4. The van der Waals surface area contributed by atoms with Crippen molar-refractivity contribution in [1.29, 1.82) is 0 Å². The van der Waals surface area contributed by atoms with Crippen LogP contribution in [0.5, 0.6) is 0 Å². The number of anilines is 1. The number of amides is 2. The lowest BCUT2D eigenvalue weighted by molar-refractivity contribution is -0.117. The molecule has 0 atom stereocenters. The van der Waals surface area contributed by atoms with Gasteiger partial charge in [-0.3, -0.25) is 14.5 Å². The van der Waals surface area contributed by atoms with Gasteiger partial charge in [0.05, 0.1) is 22.3 Å². The van der Waals surface area contributed by atoms with E-state index in [2.05, 4.69) is 10.6 Å². The van der Waals surface area contributed by atoms with Crippen molar-refractivity contribution in [2.24, 2.45) is 0 Å². The Labute approximate surface area is 176 Å². The molecular weight excluding hydrogens is 429 g/mol. The predicted octanol–water partition coefficient (Wildman–Crippen LogP) is 4.54. The molecule has 0 saturated carbocycles. The number of halogens is 3. The van der Waals surface area contributed by atoms with Crippen LogP contribution in [0.25, 0.3) is 0 Å². The smallest absolute Gasteiger partial charge is 0.252 e. The number of carbonyl (C=O) groups excluding carboxylic acids is 2. The Bertz CT molecular complexity index is 798. The van der Waals surface area contributed by atoms with Crippen LogP contribution in [0.1, 0.15) is 23.2 Å². The summed E-state index contributed by atoms with van der Waals surface area (Å²) in [6.45, 7) is 1.69. The molecule has 2 amide bonds. The molecule has 144 valence electrons. The van der Waals surface area contributed by atoms with Crippen LogP contribution in [-0.4, -0.2) is 42.4 Å². The van der Waals surface area contributed by atoms with Crippen LogP contribution >= 0.6 is 46.1 Å². The van der Waals surface area contributed by atoms with Crippen LogP contribution in [0, 0.1) is 0 Å². The van der Waals surface area contributed by atoms with Gasteiger partial charge >= 0.3 is 0 Å². The third-order valence-corrected chi connectivity index (χ3v) is 5.84. The molecule has 1 aromatic heterocycles. The number of carbonyl (C=O) groups is 2. The first kappa shape index (κ1) is 20.4. The number of likely N-dealkylation sites (tertiary alicyclic amines) is 1. The molecule has 1 aromatic carbocycles. The standard InChI is InChI=1S/C18H18Cl3N3O2S/c19-12-7-14(20)17(15(21)8-12)23-16(25)9-24-4-1-13(2-5-24)22-18(26)11-3-6-27-10-11/h3,6-8,10,13H,1-2,4-5,9H2,(H,22,26)(H,23,25). The zero-order chi connectivity index (χ0) is 19.4. The van der Waals surface area contributed by atoms with Crippen molar-refractivity contribution in [3.63, 3.8) is 0 Å². The second kappa shape index (κ2) is 9.26. The SMILES string of the molecule is O=C(CN1CCC(NC(=O)c2ccsc2)CC1)Nc1c(Cl)cc(Cl)cc1Cl. The molecule has 3 rings (SSSR count). The summed E-state index contributed by atoms with van der Waals surface area (Å²) < 4.78 is 0. The summed E-state index contributed by atoms with van der Waals surface area (Å²) in [7, 11) is 0. The highest BCUT2D eigenvalue weighted by atomic mass is 35.5. The number of nitrogens with one attached hydrogen (secondary N) is 2. The van der Waals surface area contributed by atoms with E-state index in [9.17, 15) is 9.59 Å². The van der Waals surface area contributed by atoms with Crippen molar-refractivity contribution in [1.82, 2.24) is 10.2 Å². The Kier molecular flexibility index (Phi) is 7.00. The van der Waals surface area contributed by atoms with E-state index in [4.69, 9.17) is 34.8 Å². The molecule has 2 heterocycles. The monoisotopic (exact) mass is 445 g/mol. The van der Waals surface area contributed by atoms with Crippen molar-refractivity contribution < 1.29 is 9.59 Å². The molecule has 0 bridgehead atoms. The molecule has 0 unspecified atom stereocenters. The fourth-order valence-electron chi connectivity index (χ4n) is 2.94. The summed E-state index contributed by atoms with van der Waals surface area (Å²) in [5, 5.41) is 10.5. The van der Waals surface area contributed by atoms with Crippen LogP contribution in [-0.2, 0) is 4.79 Å². The Balaban J connectivity index is 1.46. The minimum Gasteiger partial charge on any atom is -0.349 e. The van der Waals surface area contributed by atoms with E-state index >= 15 is 0 Å². The quantitative estimate of drug-likeness (QED) is 0.709.